The normalized spacial score (nSPS) is 11.1. The number of benzene rings is 1. The average Bonchev–Trinajstić information content (AvgIpc) is 2.19. The predicted molar refractivity (Wildman–Crippen MR) is 59.2 cm³/mol. The first-order chi connectivity index (χ1) is 7.11. The van der Waals surface area contributed by atoms with Gasteiger partial charge in [0.05, 0.1) is 11.0 Å². The van der Waals surface area contributed by atoms with Crippen LogP contribution in [0.1, 0.15) is 19.9 Å². The van der Waals surface area contributed by atoms with Gasteiger partial charge in [-0.05, 0) is 26.0 Å². The van der Waals surface area contributed by atoms with Crippen LogP contribution >= 0.6 is 0 Å². The van der Waals surface area contributed by atoms with E-state index in [9.17, 15) is 9.59 Å². The van der Waals surface area contributed by atoms with Gasteiger partial charge in [0.2, 0.25) is 0 Å². The number of aromatic amines is 1. The first-order valence-corrected chi connectivity index (χ1v) is 4.85. The van der Waals surface area contributed by atoms with Gasteiger partial charge >= 0.3 is 11.1 Å². The zero-order valence-electron chi connectivity index (χ0n) is 8.65. The fourth-order valence-corrected chi connectivity index (χ4v) is 1.70. The van der Waals surface area contributed by atoms with Gasteiger partial charge in [0.15, 0.2) is 0 Å². The maximum Gasteiger partial charge on any atom is 0.316 e. The zero-order chi connectivity index (χ0) is 11.0. The van der Waals surface area contributed by atoms with Gasteiger partial charge in [-0.1, -0.05) is 12.1 Å². The van der Waals surface area contributed by atoms with Crippen molar-refractivity contribution in [2.24, 2.45) is 0 Å². The third-order valence-electron chi connectivity index (χ3n) is 2.34. The average molecular weight is 206 g/mol. The minimum atomic E-state index is -0.567. The summed E-state index contributed by atoms with van der Waals surface area (Å²) in [6, 6.07) is 7.26. The number of hydrogen-bond donors (Lipinski definition) is 1. The molecule has 4 heteroatoms. The van der Waals surface area contributed by atoms with Gasteiger partial charge in [0.1, 0.15) is 0 Å². The molecule has 0 saturated heterocycles. The van der Waals surface area contributed by atoms with Crippen LogP contribution in [0.5, 0.6) is 0 Å². The highest BCUT2D eigenvalue weighted by Crippen LogP contribution is 2.11. The van der Waals surface area contributed by atoms with Crippen molar-refractivity contribution in [2.45, 2.75) is 19.9 Å². The summed E-state index contributed by atoms with van der Waals surface area (Å²) < 4.78 is 1.51. The monoisotopic (exact) mass is 206 g/mol. The predicted octanol–water partition coefficient (Wildman–Crippen LogP) is 1.27. The van der Waals surface area contributed by atoms with Crippen LogP contribution in [-0.2, 0) is 0 Å². The molecule has 2 rings (SSSR count). The van der Waals surface area contributed by atoms with E-state index in [2.05, 4.69) is 4.98 Å². The number of nitrogens with zero attached hydrogens (tertiary/aromatic N) is 1. The highest BCUT2D eigenvalue weighted by Gasteiger charge is 2.08. The highest BCUT2D eigenvalue weighted by atomic mass is 16.2. The summed E-state index contributed by atoms with van der Waals surface area (Å²) in [6.45, 7) is 3.76. The van der Waals surface area contributed by atoms with Gasteiger partial charge in [-0.3, -0.25) is 14.2 Å². The molecule has 0 bridgehead atoms. The second-order valence-electron chi connectivity index (χ2n) is 3.74. The number of para-hydroxylation sites is 2. The summed E-state index contributed by atoms with van der Waals surface area (Å²) >= 11 is 0. The number of hydrogen-bond acceptors (Lipinski definition) is 2. The molecule has 2 aromatic rings. The molecule has 0 aliphatic rings. The van der Waals surface area contributed by atoms with E-state index in [1.807, 2.05) is 32.0 Å². The van der Waals surface area contributed by atoms with Crippen molar-refractivity contribution in [3.63, 3.8) is 0 Å². The maximum absolute atomic E-state index is 11.6. The summed E-state index contributed by atoms with van der Waals surface area (Å²) in [6.07, 6.45) is 0. The first kappa shape index (κ1) is 9.71. The maximum atomic E-state index is 11.6. The van der Waals surface area contributed by atoms with Crippen LogP contribution in [0.4, 0.5) is 0 Å². The number of fused-ring (bicyclic) bond motifs is 1. The zero-order valence-corrected chi connectivity index (χ0v) is 8.65. The second-order valence-corrected chi connectivity index (χ2v) is 3.74. The largest absolute Gasteiger partial charge is 0.316 e. The van der Waals surface area contributed by atoms with Crippen LogP contribution in [0.3, 0.4) is 0 Å². The van der Waals surface area contributed by atoms with Gasteiger partial charge in [-0.25, -0.2) is 0 Å². The summed E-state index contributed by atoms with van der Waals surface area (Å²) in [5.74, 6) is 0. The van der Waals surface area contributed by atoms with E-state index in [0.717, 1.165) is 5.52 Å². The summed E-state index contributed by atoms with van der Waals surface area (Å²) in [5.41, 5.74) is 0.388. The van der Waals surface area contributed by atoms with E-state index in [0.29, 0.717) is 5.52 Å². The van der Waals surface area contributed by atoms with Gasteiger partial charge in [0, 0.05) is 6.04 Å². The van der Waals surface area contributed by atoms with Crippen molar-refractivity contribution in [3.8, 4) is 0 Å². The van der Waals surface area contributed by atoms with Crippen molar-refractivity contribution in [2.75, 3.05) is 0 Å². The highest BCUT2D eigenvalue weighted by molar-refractivity contribution is 5.74. The smallest absolute Gasteiger partial charge is 0.316 e. The van der Waals surface area contributed by atoms with Gasteiger partial charge in [0.25, 0.3) is 0 Å². The quantitative estimate of drug-likeness (QED) is 0.714. The third-order valence-corrected chi connectivity index (χ3v) is 2.34. The third kappa shape index (κ3) is 1.48. The Balaban J connectivity index is 3.03. The van der Waals surface area contributed by atoms with Crippen LogP contribution in [-0.4, -0.2) is 9.55 Å². The molecule has 4 nitrogen and oxygen atoms in total. The molecule has 0 saturated carbocycles. The Morgan fingerprint density at radius 2 is 1.87 bits per heavy atom. The van der Waals surface area contributed by atoms with Crippen molar-refractivity contribution in [3.05, 3.63) is 45.0 Å². The molecule has 0 atom stereocenters. The second kappa shape index (κ2) is 3.38. The molecule has 1 N–H and O–H groups in total. The van der Waals surface area contributed by atoms with E-state index in [1.165, 1.54) is 4.57 Å². The summed E-state index contributed by atoms with van der Waals surface area (Å²) in [5, 5.41) is 0. The Kier molecular flexibility index (Phi) is 2.19. The molecule has 1 heterocycles. The fourth-order valence-electron chi connectivity index (χ4n) is 1.70. The fraction of sp³-hybridized carbons (Fsp3) is 0.273. The number of aromatic nitrogens is 2. The molecular weight excluding hydrogens is 194 g/mol. The Morgan fingerprint density at radius 3 is 2.53 bits per heavy atom. The van der Waals surface area contributed by atoms with Gasteiger partial charge in [-0.2, -0.15) is 0 Å². The lowest BCUT2D eigenvalue weighted by molar-refractivity contribution is 0.593. The summed E-state index contributed by atoms with van der Waals surface area (Å²) in [7, 11) is 0. The molecule has 0 spiro atoms. The molecule has 0 fully saturated rings. The van der Waals surface area contributed by atoms with E-state index >= 15 is 0 Å². The Morgan fingerprint density at radius 1 is 1.20 bits per heavy atom. The SMILES string of the molecule is CC(C)n1c2ccccc2[nH][13c](=O)[13c]1=O. The number of rotatable bonds is 1. The molecule has 0 amide bonds. The topological polar surface area (TPSA) is 54.9 Å². The Bertz CT molecular complexity index is 608. The van der Waals surface area contributed by atoms with Crippen molar-refractivity contribution >= 4 is 11.0 Å². The van der Waals surface area contributed by atoms with Crippen LogP contribution in [0.25, 0.3) is 11.0 Å². The Hall–Kier alpha value is -1.84. The first-order valence-electron chi connectivity index (χ1n) is 4.85. The van der Waals surface area contributed by atoms with E-state index in [4.69, 9.17) is 0 Å². The van der Waals surface area contributed by atoms with Crippen LogP contribution in [0.2, 0.25) is 0 Å². The van der Waals surface area contributed by atoms with Crippen molar-refractivity contribution < 1.29 is 0 Å². The van der Waals surface area contributed by atoms with Crippen molar-refractivity contribution in [1.29, 1.82) is 0 Å². The molecule has 0 unspecified atom stereocenters. The Labute approximate surface area is 86.2 Å². The van der Waals surface area contributed by atoms with Gasteiger partial charge in [-0.15, -0.1) is 0 Å². The molecule has 0 radical (unpaired) electrons. The molecule has 1 aromatic carbocycles. The van der Waals surface area contributed by atoms with Gasteiger partial charge < -0.3 is 4.98 Å². The minimum Gasteiger partial charge on any atom is -0.316 e. The minimum absolute atomic E-state index is 0.0234. The molecule has 1 aromatic heterocycles. The lowest BCUT2D eigenvalue weighted by Crippen LogP contribution is -2.37. The standard InChI is InChI=1S/C11H12N2O2/c1-7(2)13-9-6-4-3-5-8(9)12-10(14)11(13)15/h3-7H,1-2H3,(H,12,14)/i10+1,11+1. The van der Waals surface area contributed by atoms with Crippen LogP contribution in [0.15, 0.2) is 33.9 Å². The molecule has 78 valence electrons. The number of nitrogens with one attached hydrogen (secondary N) is 1. The van der Waals surface area contributed by atoms with Crippen molar-refractivity contribution in [1.82, 2.24) is 9.55 Å². The molecular formula is C11H12N2O2. The lowest BCUT2D eigenvalue weighted by Gasteiger charge is -2.12. The molecule has 15 heavy (non-hydrogen) atoms. The van der Waals surface area contributed by atoms with Crippen LogP contribution in [0, 0.1) is 0 Å². The van der Waals surface area contributed by atoms with E-state index in [1.54, 1.807) is 6.07 Å². The summed E-state index contributed by atoms with van der Waals surface area (Å²) in [4.78, 5) is 25.6. The van der Waals surface area contributed by atoms with E-state index < -0.39 is 11.1 Å². The number of H-pyrrole nitrogens is 1. The lowest BCUT2D eigenvalue weighted by atomic mass is 10.3. The molecule has 0 aliphatic heterocycles. The molecule has 0 aliphatic carbocycles. The van der Waals surface area contributed by atoms with Crippen LogP contribution < -0.4 is 11.1 Å². The van der Waals surface area contributed by atoms with E-state index in [-0.39, 0.29) is 6.04 Å².